The molecule has 0 saturated carbocycles. The fourth-order valence-electron chi connectivity index (χ4n) is 3.82. The largest absolute Gasteiger partial charge is 0.345 e. The number of carbonyl (C=O) groups is 1. The molecule has 0 bridgehead atoms. The molecule has 5 rings (SSSR count). The Hall–Kier alpha value is -4.46. The summed E-state index contributed by atoms with van der Waals surface area (Å²) in [5.74, 6) is -0.130. The van der Waals surface area contributed by atoms with Crippen molar-refractivity contribution in [3.05, 3.63) is 102 Å². The lowest BCUT2D eigenvalue weighted by Crippen LogP contribution is -2.40. The Morgan fingerprint density at radius 3 is 2.58 bits per heavy atom. The Kier molecular flexibility index (Phi) is 5.32. The number of guanidine groups is 1. The van der Waals surface area contributed by atoms with E-state index in [2.05, 4.69) is 31.1 Å². The second kappa shape index (κ2) is 8.58. The summed E-state index contributed by atoms with van der Waals surface area (Å²) >= 11 is 0. The number of aromatic amines is 1. The summed E-state index contributed by atoms with van der Waals surface area (Å²) < 4.78 is 13.6. The van der Waals surface area contributed by atoms with E-state index in [9.17, 15) is 9.18 Å². The average molecular weight is 440 g/mol. The van der Waals surface area contributed by atoms with Gasteiger partial charge in [0.2, 0.25) is 5.96 Å². The highest BCUT2D eigenvalue weighted by atomic mass is 19.1. The first kappa shape index (κ1) is 20.4. The molecule has 1 aliphatic heterocycles. The topological polar surface area (TPSA) is 94.2 Å². The molecule has 0 spiro atoms. The minimum atomic E-state index is -0.521. The number of hydrogen-bond acceptors (Lipinski definition) is 5. The van der Waals surface area contributed by atoms with Gasteiger partial charge in [0.25, 0.3) is 5.91 Å². The van der Waals surface area contributed by atoms with Crippen LogP contribution in [0.2, 0.25) is 0 Å². The van der Waals surface area contributed by atoms with Crippen molar-refractivity contribution in [3.63, 3.8) is 0 Å². The van der Waals surface area contributed by atoms with Crippen LogP contribution >= 0.6 is 0 Å². The first-order chi connectivity index (χ1) is 16.1. The number of aromatic nitrogens is 2. The third kappa shape index (κ3) is 4.31. The van der Waals surface area contributed by atoms with Crippen molar-refractivity contribution in [1.82, 2.24) is 15.5 Å². The molecule has 0 saturated heterocycles. The number of benzene rings is 3. The van der Waals surface area contributed by atoms with E-state index in [1.165, 1.54) is 12.1 Å². The number of nitrogens with one attached hydrogen (secondary N) is 4. The lowest BCUT2D eigenvalue weighted by atomic mass is 9.95. The van der Waals surface area contributed by atoms with Crippen LogP contribution in [0.25, 0.3) is 10.9 Å². The molecule has 164 valence electrons. The highest BCUT2D eigenvalue weighted by Crippen LogP contribution is 2.30. The second-order valence-corrected chi connectivity index (χ2v) is 7.71. The normalized spacial score (nSPS) is 15.7. The summed E-state index contributed by atoms with van der Waals surface area (Å²) in [6.45, 7) is 1.79. The van der Waals surface area contributed by atoms with E-state index in [0.717, 1.165) is 22.2 Å². The number of rotatable bonds is 4. The molecule has 1 aliphatic rings. The van der Waals surface area contributed by atoms with Crippen LogP contribution in [0.1, 0.15) is 18.5 Å². The third-order valence-electron chi connectivity index (χ3n) is 5.42. The number of allylic oxidation sites excluding steroid dienone is 1. The zero-order valence-corrected chi connectivity index (χ0v) is 17.8. The summed E-state index contributed by atoms with van der Waals surface area (Å²) in [5, 5.41) is 17.3. The molecular formula is C25H21FN6O. The van der Waals surface area contributed by atoms with Gasteiger partial charge >= 0.3 is 0 Å². The zero-order chi connectivity index (χ0) is 22.8. The molecule has 1 aromatic heterocycles. The van der Waals surface area contributed by atoms with E-state index < -0.39 is 6.04 Å². The molecule has 3 aromatic carbocycles. The molecule has 1 atom stereocenters. The van der Waals surface area contributed by atoms with E-state index in [1.807, 2.05) is 48.5 Å². The van der Waals surface area contributed by atoms with E-state index in [1.54, 1.807) is 25.3 Å². The molecule has 8 heteroatoms. The Labute approximate surface area is 189 Å². The first-order valence-electron chi connectivity index (χ1n) is 10.4. The molecule has 7 nitrogen and oxygen atoms in total. The molecular weight excluding hydrogens is 419 g/mol. The van der Waals surface area contributed by atoms with Crippen LogP contribution in [0.15, 0.2) is 95.3 Å². The van der Waals surface area contributed by atoms with Gasteiger partial charge in [-0.3, -0.25) is 9.89 Å². The number of halogens is 1. The molecule has 0 fully saturated rings. The van der Waals surface area contributed by atoms with Crippen molar-refractivity contribution >= 4 is 34.1 Å². The molecule has 33 heavy (non-hydrogen) atoms. The van der Waals surface area contributed by atoms with E-state index in [4.69, 9.17) is 0 Å². The molecule has 0 radical (unpaired) electrons. The van der Waals surface area contributed by atoms with E-state index in [0.29, 0.717) is 22.9 Å². The van der Waals surface area contributed by atoms with Crippen LogP contribution in [0.3, 0.4) is 0 Å². The lowest BCUT2D eigenvalue weighted by molar-refractivity contribution is -0.113. The van der Waals surface area contributed by atoms with Gasteiger partial charge in [0.15, 0.2) is 0 Å². The average Bonchev–Trinajstić information content (AvgIpc) is 3.28. The molecule has 4 N–H and O–H groups in total. The maximum atomic E-state index is 13.6. The predicted molar refractivity (Wildman–Crippen MR) is 127 cm³/mol. The molecule has 1 unspecified atom stereocenters. The number of anilines is 2. The van der Waals surface area contributed by atoms with Crippen molar-refractivity contribution in [2.45, 2.75) is 13.0 Å². The summed E-state index contributed by atoms with van der Waals surface area (Å²) in [7, 11) is 0. The first-order valence-corrected chi connectivity index (χ1v) is 10.4. The quantitative estimate of drug-likeness (QED) is 0.369. The fraction of sp³-hybridized carbons (Fsp3) is 0.0800. The van der Waals surface area contributed by atoms with Crippen molar-refractivity contribution in [3.8, 4) is 0 Å². The minimum Gasteiger partial charge on any atom is -0.345 e. The number of para-hydroxylation sites is 1. The summed E-state index contributed by atoms with van der Waals surface area (Å²) in [6, 6.07) is 20.7. The number of carbonyl (C=O) groups excluding carboxylic acids is 1. The van der Waals surface area contributed by atoms with Crippen LogP contribution in [-0.4, -0.2) is 22.1 Å². The number of fused-ring (bicyclic) bond motifs is 1. The summed E-state index contributed by atoms with van der Waals surface area (Å²) in [4.78, 5) is 18.0. The highest BCUT2D eigenvalue weighted by Gasteiger charge is 2.30. The number of H-pyrrole nitrogens is 1. The Bertz CT molecular complexity index is 1380. The van der Waals surface area contributed by atoms with Gasteiger partial charge in [-0.2, -0.15) is 5.10 Å². The molecule has 2 heterocycles. The van der Waals surface area contributed by atoms with Crippen LogP contribution in [0.5, 0.6) is 0 Å². The van der Waals surface area contributed by atoms with Gasteiger partial charge in [-0.25, -0.2) is 9.38 Å². The SMILES string of the molecule is CC1=C(C(=O)Nc2ccc3[nH]ncc3c2)C(c2ccc(F)cc2)NC(Nc2ccccc2)=N1. The van der Waals surface area contributed by atoms with Gasteiger partial charge < -0.3 is 16.0 Å². The van der Waals surface area contributed by atoms with E-state index >= 15 is 0 Å². The van der Waals surface area contributed by atoms with Gasteiger partial charge in [0.1, 0.15) is 5.82 Å². The maximum absolute atomic E-state index is 13.6. The Balaban J connectivity index is 1.49. The summed E-state index contributed by atoms with van der Waals surface area (Å²) in [6.07, 6.45) is 1.70. The number of amides is 1. The van der Waals surface area contributed by atoms with Crippen LogP contribution in [0, 0.1) is 5.82 Å². The maximum Gasteiger partial charge on any atom is 0.255 e. The Morgan fingerprint density at radius 1 is 1.00 bits per heavy atom. The Morgan fingerprint density at radius 2 is 1.79 bits per heavy atom. The minimum absolute atomic E-state index is 0.292. The summed E-state index contributed by atoms with van der Waals surface area (Å²) in [5.41, 5.74) is 4.14. The van der Waals surface area contributed by atoms with E-state index in [-0.39, 0.29) is 11.7 Å². The van der Waals surface area contributed by atoms with Crippen molar-refractivity contribution in [1.29, 1.82) is 0 Å². The lowest BCUT2D eigenvalue weighted by Gasteiger charge is -2.29. The second-order valence-electron chi connectivity index (χ2n) is 7.71. The van der Waals surface area contributed by atoms with Gasteiger partial charge in [-0.15, -0.1) is 0 Å². The van der Waals surface area contributed by atoms with Crippen molar-refractivity contribution < 1.29 is 9.18 Å². The number of nitrogens with zero attached hydrogens (tertiary/aromatic N) is 2. The fourth-order valence-corrected chi connectivity index (χ4v) is 3.82. The molecule has 0 aliphatic carbocycles. The van der Waals surface area contributed by atoms with Gasteiger partial charge in [-0.1, -0.05) is 30.3 Å². The standard InChI is InChI=1S/C25H21FN6O/c1-15-22(24(33)29-20-11-12-21-17(13-20)14-27-32-21)23(16-7-9-18(26)10-8-16)31-25(28-15)30-19-5-3-2-4-6-19/h2-14,23H,1H3,(H,27,32)(H,29,33)(H2,28,30,31). The predicted octanol–water partition coefficient (Wildman–Crippen LogP) is 4.73. The van der Waals surface area contributed by atoms with Gasteiger partial charge in [-0.05, 0) is 55.0 Å². The van der Waals surface area contributed by atoms with Gasteiger partial charge in [0, 0.05) is 16.8 Å². The number of aliphatic imine (C=N–C) groups is 1. The smallest absolute Gasteiger partial charge is 0.255 e. The van der Waals surface area contributed by atoms with Crippen LogP contribution in [-0.2, 0) is 4.79 Å². The molecule has 4 aromatic rings. The number of hydrogen-bond donors (Lipinski definition) is 4. The van der Waals surface area contributed by atoms with Crippen LogP contribution < -0.4 is 16.0 Å². The monoisotopic (exact) mass is 440 g/mol. The van der Waals surface area contributed by atoms with Crippen LogP contribution in [0.4, 0.5) is 15.8 Å². The van der Waals surface area contributed by atoms with Crippen molar-refractivity contribution in [2.24, 2.45) is 4.99 Å². The third-order valence-corrected chi connectivity index (χ3v) is 5.42. The van der Waals surface area contributed by atoms with Crippen molar-refractivity contribution in [2.75, 3.05) is 10.6 Å². The zero-order valence-electron chi connectivity index (χ0n) is 17.8. The molecule has 1 amide bonds. The highest BCUT2D eigenvalue weighted by molar-refractivity contribution is 6.08. The van der Waals surface area contributed by atoms with Gasteiger partial charge in [0.05, 0.1) is 29.0 Å².